The zero-order valence-electron chi connectivity index (χ0n) is 13.7. The molecule has 2 aromatic heterocycles. The fourth-order valence-corrected chi connectivity index (χ4v) is 4.24. The molecule has 0 N–H and O–H groups in total. The fourth-order valence-electron chi connectivity index (χ4n) is 3.28. The van der Waals surface area contributed by atoms with Crippen LogP contribution in [-0.2, 0) is 4.74 Å². The first-order valence-electron chi connectivity index (χ1n) is 8.14. The molecule has 1 fully saturated rings. The van der Waals surface area contributed by atoms with Gasteiger partial charge in [-0.05, 0) is 38.8 Å². The minimum atomic E-state index is -0.335. The lowest BCUT2D eigenvalue weighted by molar-refractivity contribution is -0.0593. The number of hydrogen-bond acceptors (Lipinski definition) is 5. The zero-order valence-corrected chi connectivity index (χ0v) is 14.6. The van der Waals surface area contributed by atoms with Crippen LogP contribution in [0.4, 0.5) is 0 Å². The van der Waals surface area contributed by atoms with Crippen molar-refractivity contribution < 1.29 is 9.15 Å². The number of para-hydroxylation sites is 1. The quantitative estimate of drug-likeness (QED) is 0.640. The number of hydrogen-bond donors (Lipinski definition) is 0. The van der Waals surface area contributed by atoms with E-state index in [1.807, 2.05) is 29.6 Å². The molecule has 0 amide bonds. The summed E-state index contributed by atoms with van der Waals surface area (Å²) in [4.78, 5) is 17.0. The third-order valence-electron chi connectivity index (χ3n) is 4.49. The molecule has 0 aliphatic carbocycles. The van der Waals surface area contributed by atoms with Gasteiger partial charge in [-0.1, -0.05) is 18.2 Å². The van der Waals surface area contributed by atoms with Gasteiger partial charge in [0, 0.05) is 23.3 Å². The summed E-state index contributed by atoms with van der Waals surface area (Å²) in [6.45, 7) is 4.99. The highest BCUT2D eigenvalue weighted by atomic mass is 32.1. The highest BCUT2D eigenvalue weighted by Crippen LogP contribution is 2.37. The second-order valence-corrected chi connectivity index (χ2v) is 7.74. The number of nitrogens with zero attached hydrogens (tertiary/aromatic N) is 1. The minimum absolute atomic E-state index is 0.114. The highest BCUT2D eigenvalue weighted by Gasteiger charge is 2.31. The van der Waals surface area contributed by atoms with Crippen LogP contribution in [0, 0.1) is 0 Å². The molecule has 124 valence electrons. The van der Waals surface area contributed by atoms with E-state index in [2.05, 4.69) is 13.8 Å². The fraction of sp³-hybridized carbons (Fsp3) is 0.368. The van der Waals surface area contributed by atoms with Gasteiger partial charge >= 0.3 is 5.63 Å². The number of rotatable bonds is 2. The van der Waals surface area contributed by atoms with Crippen molar-refractivity contribution in [2.75, 3.05) is 6.61 Å². The summed E-state index contributed by atoms with van der Waals surface area (Å²) in [5, 5.41) is 3.95. The van der Waals surface area contributed by atoms with Gasteiger partial charge in [-0.3, -0.25) is 0 Å². The third kappa shape index (κ3) is 2.89. The SMILES string of the molecule is CC1(C)C[C@@H](c2nc(-c3cc4ccccc4oc3=O)cs2)CCO1. The summed E-state index contributed by atoms with van der Waals surface area (Å²) in [5.41, 5.74) is 1.39. The van der Waals surface area contributed by atoms with E-state index >= 15 is 0 Å². The van der Waals surface area contributed by atoms with Crippen LogP contribution in [0.15, 0.2) is 44.9 Å². The van der Waals surface area contributed by atoms with E-state index in [1.165, 1.54) is 0 Å². The monoisotopic (exact) mass is 341 g/mol. The summed E-state index contributed by atoms with van der Waals surface area (Å²) in [6, 6.07) is 9.41. The van der Waals surface area contributed by atoms with Gasteiger partial charge in [-0.15, -0.1) is 11.3 Å². The average molecular weight is 341 g/mol. The van der Waals surface area contributed by atoms with E-state index in [0.29, 0.717) is 22.8 Å². The third-order valence-corrected chi connectivity index (χ3v) is 5.49. The predicted molar refractivity (Wildman–Crippen MR) is 95.6 cm³/mol. The Balaban J connectivity index is 1.70. The van der Waals surface area contributed by atoms with E-state index in [1.54, 1.807) is 17.4 Å². The molecule has 4 nitrogen and oxygen atoms in total. The molecule has 1 aromatic carbocycles. The lowest BCUT2D eigenvalue weighted by atomic mass is 9.89. The molecule has 3 aromatic rings. The van der Waals surface area contributed by atoms with Gasteiger partial charge in [-0.25, -0.2) is 9.78 Å². The van der Waals surface area contributed by atoms with Crippen molar-refractivity contribution in [1.29, 1.82) is 0 Å². The Bertz CT molecular complexity index is 941. The van der Waals surface area contributed by atoms with Gasteiger partial charge < -0.3 is 9.15 Å². The highest BCUT2D eigenvalue weighted by molar-refractivity contribution is 7.10. The molecule has 3 heterocycles. The number of thiazole rings is 1. The lowest BCUT2D eigenvalue weighted by Crippen LogP contribution is -2.32. The summed E-state index contributed by atoms with van der Waals surface area (Å²) in [6.07, 6.45) is 1.93. The molecule has 0 saturated carbocycles. The van der Waals surface area contributed by atoms with Crippen LogP contribution in [0.1, 0.15) is 37.6 Å². The second kappa shape index (κ2) is 5.83. The van der Waals surface area contributed by atoms with Crippen molar-refractivity contribution in [3.05, 3.63) is 51.1 Å². The first-order valence-corrected chi connectivity index (χ1v) is 9.02. The van der Waals surface area contributed by atoms with Crippen molar-refractivity contribution in [3.8, 4) is 11.3 Å². The van der Waals surface area contributed by atoms with E-state index in [0.717, 1.165) is 29.8 Å². The van der Waals surface area contributed by atoms with Crippen LogP contribution in [0.2, 0.25) is 0 Å². The predicted octanol–water partition coefficient (Wildman–Crippen LogP) is 4.59. The van der Waals surface area contributed by atoms with Gasteiger partial charge in [-0.2, -0.15) is 0 Å². The van der Waals surface area contributed by atoms with Crippen LogP contribution in [0.3, 0.4) is 0 Å². The molecule has 4 rings (SSSR count). The molecule has 5 heteroatoms. The van der Waals surface area contributed by atoms with E-state index in [9.17, 15) is 4.79 Å². The molecular weight excluding hydrogens is 322 g/mol. The molecule has 0 spiro atoms. The summed E-state index contributed by atoms with van der Waals surface area (Å²) in [7, 11) is 0. The Kier molecular flexibility index (Phi) is 3.77. The topological polar surface area (TPSA) is 52.3 Å². The molecular formula is C19H19NO3S. The van der Waals surface area contributed by atoms with E-state index in [4.69, 9.17) is 14.1 Å². The van der Waals surface area contributed by atoms with Gasteiger partial charge in [0.1, 0.15) is 5.58 Å². The number of aromatic nitrogens is 1. The Hall–Kier alpha value is -1.98. The minimum Gasteiger partial charge on any atom is -0.422 e. The van der Waals surface area contributed by atoms with E-state index in [-0.39, 0.29) is 11.2 Å². The Morgan fingerprint density at radius 3 is 2.96 bits per heavy atom. The van der Waals surface area contributed by atoms with Crippen LogP contribution >= 0.6 is 11.3 Å². The van der Waals surface area contributed by atoms with Gasteiger partial charge in [0.05, 0.1) is 21.9 Å². The molecule has 1 saturated heterocycles. The normalized spacial score (nSPS) is 20.3. The van der Waals surface area contributed by atoms with E-state index < -0.39 is 0 Å². The molecule has 1 aliphatic rings. The van der Waals surface area contributed by atoms with Crippen molar-refractivity contribution in [2.45, 2.75) is 38.2 Å². The van der Waals surface area contributed by atoms with Gasteiger partial charge in [0.2, 0.25) is 0 Å². The van der Waals surface area contributed by atoms with Crippen LogP contribution in [0.5, 0.6) is 0 Å². The first kappa shape index (κ1) is 15.5. The maximum atomic E-state index is 12.3. The van der Waals surface area contributed by atoms with Crippen molar-refractivity contribution in [3.63, 3.8) is 0 Å². The van der Waals surface area contributed by atoms with Crippen LogP contribution in [0.25, 0.3) is 22.2 Å². The number of benzene rings is 1. The number of fused-ring (bicyclic) bond motifs is 1. The number of ether oxygens (including phenoxy) is 1. The standard InChI is InChI=1S/C19H19NO3S/c1-19(2)10-13(7-8-22-19)17-20-15(11-24-17)14-9-12-5-3-4-6-16(12)23-18(14)21/h3-6,9,11,13H,7-8,10H2,1-2H3/t13-/m0/s1. The molecule has 0 bridgehead atoms. The maximum absolute atomic E-state index is 12.3. The Morgan fingerprint density at radius 2 is 2.12 bits per heavy atom. The van der Waals surface area contributed by atoms with Crippen molar-refractivity contribution in [2.24, 2.45) is 0 Å². The van der Waals surface area contributed by atoms with Gasteiger partial charge in [0.25, 0.3) is 0 Å². The van der Waals surface area contributed by atoms with Gasteiger partial charge in [0.15, 0.2) is 0 Å². The smallest absolute Gasteiger partial charge is 0.345 e. The van der Waals surface area contributed by atoms with Crippen molar-refractivity contribution in [1.82, 2.24) is 4.98 Å². The van der Waals surface area contributed by atoms with Crippen molar-refractivity contribution >= 4 is 22.3 Å². The summed E-state index contributed by atoms with van der Waals surface area (Å²) in [5.74, 6) is 0.389. The molecule has 0 radical (unpaired) electrons. The maximum Gasteiger partial charge on any atom is 0.345 e. The summed E-state index contributed by atoms with van der Waals surface area (Å²) >= 11 is 1.62. The Labute approximate surface area is 144 Å². The van der Waals surface area contributed by atoms with Crippen LogP contribution < -0.4 is 5.63 Å². The Morgan fingerprint density at radius 1 is 1.29 bits per heavy atom. The molecule has 24 heavy (non-hydrogen) atoms. The van der Waals surface area contributed by atoms with Crippen LogP contribution in [-0.4, -0.2) is 17.2 Å². The molecule has 1 aliphatic heterocycles. The average Bonchev–Trinajstić information content (AvgIpc) is 3.03. The second-order valence-electron chi connectivity index (χ2n) is 6.85. The molecule has 0 unspecified atom stereocenters. The lowest BCUT2D eigenvalue weighted by Gasteiger charge is -2.34. The first-order chi connectivity index (χ1) is 11.5. The zero-order chi connectivity index (χ0) is 16.7. The molecule has 1 atom stereocenters. The largest absolute Gasteiger partial charge is 0.422 e. The summed E-state index contributed by atoms with van der Waals surface area (Å²) < 4.78 is 11.2.